The Labute approximate surface area is 177 Å². The molecule has 1 aliphatic heterocycles. The molecule has 0 bridgehead atoms. The fourth-order valence-electron chi connectivity index (χ4n) is 4.19. The first-order valence-corrected chi connectivity index (χ1v) is 12.3. The van der Waals surface area contributed by atoms with Crippen molar-refractivity contribution in [1.29, 1.82) is 0 Å². The largest absolute Gasteiger partial charge is 0.352 e. The van der Waals surface area contributed by atoms with Gasteiger partial charge in [0.1, 0.15) is 0 Å². The van der Waals surface area contributed by atoms with Crippen LogP contribution >= 0.6 is 0 Å². The third-order valence-electron chi connectivity index (χ3n) is 5.81. The molecule has 1 aromatic carbocycles. The molecule has 30 heavy (non-hydrogen) atoms. The van der Waals surface area contributed by atoms with E-state index in [1.54, 1.807) is 19.1 Å². The second-order valence-corrected chi connectivity index (χ2v) is 9.88. The molecule has 164 valence electrons. The number of benzene rings is 1. The zero-order valence-corrected chi connectivity index (χ0v) is 18.3. The predicted octanol–water partition coefficient (Wildman–Crippen LogP) is 2.02. The third-order valence-corrected chi connectivity index (χ3v) is 7.19. The molecule has 1 aliphatic carbocycles. The van der Waals surface area contributed by atoms with Crippen molar-refractivity contribution in [2.24, 2.45) is 0 Å². The van der Waals surface area contributed by atoms with Gasteiger partial charge in [0, 0.05) is 31.2 Å². The van der Waals surface area contributed by atoms with E-state index in [2.05, 4.69) is 5.32 Å². The molecule has 1 fully saturated rings. The Bertz CT molecular complexity index is 938. The van der Waals surface area contributed by atoms with Gasteiger partial charge in [0.2, 0.25) is 10.0 Å². The summed E-state index contributed by atoms with van der Waals surface area (Å²) in [5.74, 6) is -0.936. The van der Waals surface area contributed by atoms with Crippen molar-refractivity contribution in [3.63, 3.8) is 0 Å². The second kappa shape index (κ2) is 9.26. The predicted molar refractivity (Wildman–Crippen MR) is 113 cm³/mol. The second-order valence-electron chi connectivity index (χ2n) is 7.90. The molecule has 2 aliphatic rings. The smallest absolute Gasteiger partial charge is 0.261 e. The van der Waals surface area contributed by atoms with E-state index in [1.165, 1.54) is 15.3 Å². The summed E-state index contributed by atoms with van der Waals surface area (Å²) < 4.78 is 24.5. The molecular formula is C21H29N3O5S. The average molecular weight is 436 g/mol. The first-order chi connectivity index (χ1) is 14.2. The number of sulfonamides is 1. The van der Waals surface area contributed by atoms with Crippen molar-refractivity contribution < 1.29 is 22.8 Å². The SMILES string of the molecule is CCN(CCCNC(=O)c1ccc2c(c1)C(=O)N(C1CCCCC1)C2=O)S(C)(=O)=O. The standard InChI is InChI=1S/C21H29N3O5S/c1-3-23(30(2,28)29)13-7-12-22-19(25)15-10-11-17-18(14-15)21(27)24(20(17)26)16-8-5-4-6-9-16/h10-11,14,16H,3-9,12-13H2,1-2H3,(H,22,25). The van der Waals surface area contributed by atoms with E-state index in [0.29, 0.717) is 37.2 Å². The molecule has 9 heteroatoms. The van der Waals surface area contributed by atoms with Gasteiger partial charge in [-0.2, -0.15) is 0 Å². The summed E-state index contributed by atoms with van der Waals surface area (Å²) in [6.07, 6.45) is 6.46. The molecule has 1 aromatic rings. The minimum atomic E-state index is -3.25. The molecule has 1 N–H and O–H groups in total. The van der Waals surface area contributed by atoms with Crippen molar-refractivity contribution in [3.05, 3.63) is 34.9 Å². The number of rotatable bonds is 8. The van der Waals surface area contributed by atoms with Gasteiger partial charge in [0.05, 0.1) is 17.4 Å². The van der Waals surface area contributed by atoms with E-state index in [1.807, 2.05) is 0 Å². The normalized spacial score (nSPS) is 17.5. The maximum absolute atomic E-state index is 12.9. The maximum atomic E-state index is 12.9. The average Bonchev–Trinajstić information content (AvgIpc) is 2.97. The van der Waals surface area contributed by atoms with Gasteiger partial charge in [-0.25, -0.2) is 12.7 Å². The quantitative estimate of drug-likeness (QED) is 0.497. The van der Waals surface area contributed by atoms with Crippen LogP contribution in [0, 0.1) is 0 Å². The van der Waals surface area contributed by atoms with E-state index in [4.69, 9.17) is 0 Å². The molecule has 0 radical (unpaired) electrons. The highest BCUT2D eigenvalue weighted by Crippen LogP contribution is 2.31. The molecule has 1 saturated carbocycles. The summed E-state index contributed by atoms with van der Waals surface area (Å²) in [5.41, 5.74) is 0.956. The topological polar surface area (TPSA) is 104 Å². The van der Waals surface area contributed by atoms with E-state index in [9.17, 15) is 22.8 Å². The molecule has 0 aromatic heterocycles. The van der Waals surface area contributed by atoms with Crippen LogP contribution in [0.15, 0.2) is 18.2 Å². The number of carbonyl (C=O) groups excluding carboxylic acids is 3. The zero-order chi connectivity index (χ0) is 21.9. The highest BCUT2D eigenvalue weighted by atomic mass is 32.2. The first-order valence-electron chi connectivity index (χ1n) is 10.5. The highest BCUT2D eigenvalue weighted by Gasteiger charge is 2.40. The van der Waals surface area contributed by atoms with Crippen LogP contribution in [0.2, 0.25) is 0 Å². The number of nitrogens with one attached hydrogen (secondary N) is 1. The molecule has 3 rings (SSSR count). The summed E-state index contributed by atoms with van der Waals surface area (Å²) in [5, 5.41) is 2.75. The van der Waals surface area contributed by atoms with Gasteiger partial charge < -0.3 is 5.32 Å². The van der Waals surface area contributed by atoms with Crippen LogP contribution in [0.5, 0.6) is 0 Å². The Hall–Kier alpha value is -2.26. The number of hydrogen-bond acceptors (Lipinski definition) is 5. The van der Waals surface area contributed by atoms with Crippen molar-refractivity contribution in [2.75, 3.05) is 25.9 Å². The van der Waals surface area contributed by atoms with Gasteiger partial charge in [-0.1, -0.05) is 26.2 Å². The Morgan fingerprint density at radius 1 is 1.13 bits per heavy atom. The Morgan fingerprint density at radius 2 is 1.80 bits per heavy atom. The summed E-state index contributed by atoms with van der Waals surface area (Å²) in [4.78, 5) is 39.4. The summed E-state index contributed by atoms with van der Waals surface area (Å²) in [7, 11) is -3.25. The van der Waals surface area contributed by atoms with Crippen LogP contribution in [0.25, 0.3) is 0 Å². The molecule has 1 heterocycles. The fourth-order valence-corrected chi connectivity index (χ4v) is 5.12. The summed E-state index contributed by atoms with van der Waals surface area (Å²) >= 11 is 0. The van der Waals surface area contributed by atoms with Gasteiger partial charge in [-0.05, 0) is 37.5 Å². The number of fused-ring (bicyclic) bond motifs is 1. The maximum Gasteiger partial charge on any atom is 0.261 e. The van der Waals surface area contributed by atoms with E-state index < -0.39 is 10.0 Å². The number of nitrogens with zero attached hydrogens (tertiary/aromatic N) is 2. The highest BCUT2D eigenvalue weighted by molar-refractivity contribution is 7.88. The lowest BCUT2D eigenvalue weighted by Gasteiger charge is -2.29. The molecule has 0 atom stereocenters. The summed E-state index contributed by atoms with van der Waals surface area (Å²) in [6.45, 7) is 2.77. The number of amides is 3. The van der Waals surface area contributed by atoms with Gasteiger partial charge in [-0.3, -0.25) is 19.3 Å². The van der Waals surface area contributed by atoms with Crippen LogP contribution in [-0.2, 0) is 10.0 Å². The lowest BCUT2D eigenvalue weighted by atomic mass is 9.94. The molecule has 3 amide bonds. The number of carbonyl (C=O) groups is 3. The van der Waals surface area contributed by atoms with Crippen molar-refractivity contribution in [2.45, 2.75) is 51.5 Å². The van der Waals surface area contributed by atoms with Crippen LogP contribution in [0.3, 0.4) is 0 Å². The van der Waals surface area contributed by atoms with Crippen LogP contribution in [0.4, 0.5) is 0 Å². The first kappa shape index (κ1) is 22.4. The Kier molecular flexibility index (Phi) is 6.92. The number of imide groups is 1. The monoisotopic (exact) mass is 435 g/mol. The van der Waals surface area contributed by atoms with Crippen molar-refractivity contribution in [1.82, 2.24) is 14.5 Å². The minimum absolute atomic E-state index is 0.0558. The molecule has 0 unspecified atom stereocenters. The van der Waals surface area contributed by atoms with Crippen LogP contribution < -0.4 is 5.32 Å². The van der Waals surface area contributed by atoms with E-state index in [-0.39, 0.29) is 29.3 Å². The molecular weight excluding hydrogens is 406 g/mol. The van der Waals surface area contributed by atoms with Crippen molar-refractivity contribution >= 4 is 27.7 Å². The van der Waals surface area contributed by atoms with Crippen molar-refractivity contribution in [3.8, 4) is 0 Å². The van der Waals surface area contributed by atoms with Gasteiger partial charge in [-0.15, -0.1) is 0 Å². The zero-order valence-electron chi connectivity index (χ0n) is 17.5. The fraction of sp³-hybridized carbons (Fsp3) is 0.571. The van der Waals surface area contributed by atoms with Crippen LogP contribution in [0.1, 0.15) is 76.5 Å². The molecule has 0 saturated heterocycles. The Balaban J connectivity index is 1.62. The Morgan fingerprint density at radius 3 is 2.43 bits per heavy atom. The van der Waals surface area contributed by atoms with E-state index >= 15 is 0 Å². The van der Waals surface area contributed by atoms with Gasteiger partial charge in [0.15, 0.2) is 0 Å². The third kappa shape index (κ3) is 4.73. The van der Waals surface area contributed by atoms with Gasteiger partial charge in [0.25, 0.3) is 17.7 Å². The minimum Gasteiger partial charge on any atom is -0.352 e. The van der Waals surface area contributed by atoms with E-state index in [0.717, 1.165) is 38.4 Å². The lowest BCUT2D eigenvalue weighted by Crippen LogP contribution is -2.40. The van der Waals surface area contributed by atoms with Crippen LogP contribution in [-0.4, -0.2) is 67.3 Å². The molecule has 8 nitrogen and oxygen atoms in total. The number of hydrogen-bond donors (Lipinski definition) is 1. The molecule has 0 spiro atoms. The van der Waals surface area contributed by atoms with Gasteiger partial charge >= 0.3 is 0 Å². The lowest BCUT2D eigenvalue weighted by molar-refractivity contribution is 0.0548. The summed E-state index contributed by atoms with van der Waals surface area (Å²) in [6, 6.07) is 4.54.